The normalized spacial score (nSPS) is 10.7. The lowest BCUT2D eigenvalue weighted by Crippen LogP contribution is -2.03. The van der Waals surface area contributed by atoms with E-state index in [1.807, 2.05) is 41.1 Å². The minimum absolute atomic E-state index is 0.413. The van der Waals surface area contributed by atoms with Crippen molar-refractivity contribution in [3.8, 4) is 22.7 Å². The smallest absolute Gasteiger partial charge is 0.119 e. The van der Waals surface area contributed by atoms with Crippen molar-refractivity contribution in [2.24, 2.45) is 5.73 Å². The van der Waals surface area contributed by atoms with Crippen LogP contribution in [0, 0.1) is 6.92 Å². The number of methoxy groups -OCH3 is 1. The number of rotatable bonds is 4. The van der Waals surface area contributed by atoms with Gasteiger partial charge < -0.3 is 10.5 Å². The standard InChI is InChI=1S/C18H19N3O/c1-13-6-3-4-9-17(13)21-18(11-15(12-19)20-21)14-7-5-8-16(10-14)22-2/h3-11H,12,19H2,1-2H3. The van der Waals surface area contributed by atoms with Crippen molar-refractivity contribution in [1.29, 1.82) is 0 Å². The van der Waals surface area contributed by atoms with Gasteiger partial charge in [-0.05, 0) is 36.8 Å². The molecule has 0 unspecified atom stereocenters. The van der Waals surface area contributed by atoms with Crippen molar-refractivity contribution in [1.82, 2.24) is 9.78 Å². The predicted molar refractivity (Wildman–Crippen MR) is 88.2 cm³/mol. The molecular weight excluding hydrogens is 274 g/mol. The molecule has 3 aromatic rings. The van der Waals surface area contributed by atoms with Crippen molar-refractivity contribution < 1.29 is 4.74 Å². The Morgan fingerprint density at radius 2 is 1.91 bits per heavy atom. The first-order chi connectivity index (χ1) is 10.7. The minimum atomic E-state index is 0.413. The van der Waals surface area contributed by atoms with Crippen LogP contribution in [0.4, 0.5) is 0 Å². The van der Waals surface area contributed by atoms with Gasteiger partial charge >= 0.3 is 0 Å². The number of benzene rings is 2. The maximum Gasteiger partial charge on any atom is 0.119 e. The first-order valence-corrected chi connectivity index (χ1v) is 7.22. The lowest BCUT2D eigenvalue weighted by Gasteiger charge is -2.11. The quantitative estimate of drug-likeness (QED) is 0.803. The topological polar surface area (TPSA) is 53.1 Å². The third-order valence-electron chi connectivity index (χ3n) is 3.68. The summed E-state index contributed by atoms with van der Waals surface area (Å²) in [7, 11) is 1.67. The Balaban J connectivity index is 2.19. The summed E-state index contributed by atoms with van der Waals surface area (Å²) >= 11 is 0. The number of aromatic nitrogens is 2. The molecule has 1 heterocycles. The second-order valence-electron chi connectivity index (χ2n) is 5.16. The summed E-state index contributed by atoms with van der Waals surface area (Å²) in [5.74, 6) is 0.823. The highest BCUT2D eigenvalue weighted by Gasteiger charge is 2.13. The number of ether oxygens (including phenoxy) is 1. The molecule has 4 nitrogen and oxygen atoms in total. The average Bonchev–Trinajstić information content (AvgIpc) is 2.99. The van der Waals surface area contributed by atoms with E-state index in [0.29, 0.717) is 6.54 Å². The van der Waals surface area contributed by atoms with Gasteiger partial charge in [-0.15, -0.1) is 0 Å². The molecule has 0 bridgehead atoms. The fraction of sp³-hybridized carbons (Fsp3) is 0.167. The number of para-hydroxylation sites is 1. The van der Waals surface area contributed by atoms with E-state index in [9.17, 15) is 0 Å². The Hall–Kier alpha value is -2.59. The lowest BCUT2D eigenvalue weighted by molar-refractivity contribution is 0.415. The molecule has 22 heavy (non-hydrogen) atoms. The summed E-state index contributed by atoms with van der Waals surface area (Å²) < 4.78 is 7.28. The van der Waals surface area contributed by atoms with Gasteiger partial charge in [0, 0.05) is 12.1 Å². The van der Waals surface area contributed by atoms with Gasteiger partial charge in [0.25, 0.3) is 0 Å². The number of hydrogen-bond acceptors (Lipinski definition) is 3. The van der Waals surface area contributed by atoms with Crippen molar-refractivity contribution >= 4 is 0 Å². The van der Waals surface area contributed by atoms with E-state index in [1.165, 1.54) is 5.56 Å². The molecule has 0 atom stereocenters. The van der Waals surface area contributed by atoms with Crippen LogP contribution in [-0.2, 0) is 6.54 Å². The highest BCUT2D eigenvalue weighted by Crippen LogP contribution is 2.28. The molecule has 3 rings (SSSR count). The first kappa shape index (κ1) is 14.4. The third-order valence-corrected chi connectivity index (χ3v) is 3.68. The van der Waals surface area contributed by atoms with Crippen LogP contribution in [0.25, 0.3) is 16.9 Å². The summed E-state index contributed by atoms with van der Waals surface area (Å²) in [4.78, 5) is 0. The van der Waals surface area contributed by atoms with Gasteiger partial charge in [0.15, 0.2) is 0 Å². The maximum atomic E-state index is 5.78. The average molecular weight is 293 g/mol. The zero-order valence-corrected chi connectivity index (χ0v) is 12.8. The molecule has 0 saturated heterocycles. The fourth-order valence-electron chi connectivity index (χ4n) is 2.50. The zero-order chi connectivity index (χ0) is 15.5. The predicted octanol–water partition coefficient (Wildman–Crippen LogP) is 3.32. The van der Waals surface area contributed by atoms with E-state index < -0.39 is 0 Å². The Morgan fingerprint density at radius 1 is 1.09 bits per heavy atom. The summed E-state index contributed by atoms with van der Waals surface area (Å²) in [6.45, 7) is 2.49. The van der Waals surface area contributed by atoms with E-state index >= 15 is 0 Å². The summed E-state index contributed by atoms with van der Waals surface area (Å²) in [6, 6.07) is 18.2. The van der Waals surface area contributed by atoms with E-state index in [4.69, 9.17) is 10.5 Å². The highest BCUT2D eigenvalue weighted by molar-refractivity contribution is 5.65. The van der Waals surface area contributed by atoms with Gasteiger partial charge in [-0.2, -0.15) is 5.10 Å². The molecule has 2 N–H and O–H groups in total. The molecule has 0 aliphatic rings. The molecule has 0 saturated carbocycles. The van der Waals surface area contributed by atoms with E-state index in [0.717, 1.165) is 28.4 Å². The lowest BCUT2D eigenvalue weighted by atomic mass is 10.1. The highest BCUT2D eigenvalue weighted by atomic mass is 16.5. The van der Waals surface area contributed by atoms with Gasteiger partial charge in [-0.3, -0.25) is 0 Å². The molecule has 0 aliphatic carbocycles. The van der Waals surface area contributed by atoms with Crippen LogP contribution < -0.4 is 10.5 Å². The van der Waals surface area contributed by atoms with Crippen LogP contribution >= 0.6 is 0 Å². The van der Waals surface area contributed by atoms with Gasteiger partial charge in [-0.25, -0.2) is 4.68 Å². The first-order valence-electron chi connectivity index (χ1n) is 7.22. The van der Waals surface area contributed by atoms with Crippen molar-refractivity contribution in [2.75, 3.05) is 7.11 Å². The molecule has 0 aliphatic heterocycles. The van der Waals surface area contributed by atoms with Crippen LogP contribution in [0.5, 0.6) is 5.75 Å². The molecule has 2 aromatic carbocycles. The van der Waals surface area contributed by atoms with E-state index in [-0.39, 0.29) is 0 Å². The van der Waals surface area contributed by atoms with Gasteiger partial charge in [-0.1, -0.05) is 30.3 Å². The zero-order valence-electron chi connectivity index (χ0n) is 12.8. The van der Waals surface area contributed by atoms with Crippen molar-refractivity contribution in [3.05, 3.63) is 65.9 Å². The fourth-order valence-corrected chi connectivity index (χ4v) is 2.50. The Morgan fingerprint density at radius 3 is 2.64 bits per heavy atom. The SMILES string of the molecule is COc1cccc(-c2cc(CN)nn2-c2ccccc2C)c1. The second kappa shape index (κ2) is 6.03. The van der Waals surface area contributed by atoms with E-state index in [2.05, 4.69) is 30.2 Å². The number of nitrogens with zero attached hydrogens (tertiary/aromatic N) is 2. The van der Waals surface area contributed by atoms with Crippen molar-refractivity contribution in [2.45, 2.75) is 13.5 Å². The largest absolute Gasteiger partial charge is 0.497 e. The Labute approximate surface area is 130 Å². The van der Waals surface area contributed by atoms with Gasteiger partial charge in [0.1, 0.15) is 5.75 Å². The van der Waals surface area contributed by atoms with Crippen LogP contribution in [0.15, 0.2) is 54.6 Å². The van der Waals surface area contributed by atoms with Crippen LogP contribution in [0.3, 0.4) is 0 Å². The van der Waals surface area contributed by atoms with Crippen LogP contribution in [0.1, 0.15) is 11.3 Å². The molecule has 0 fully saturated rings. The minimum Gasteiger partial charge on any atom is -0.497 e. The molecule has 0 spiro atoms. The van der Waals surface area contributed by atoms with Crippen LogP contribution in [-0.4, -0.2) is 16.9 Å². The van der Waals surface area contributed by atoms with Crippen molar-refractivity contribution in [3.63, 3.8) is 0 Å². The monoisotopic (exact) mass is 293 g/mol. The van der Waals surface area contributed by atoms with Gasteiger partial charge in [0.05, 0.1) is 24.2 Å². The molecule has 4 heteroatoms. The Bertz CT molecular complexity index is 793. The summed E-state index contributed by atoms with van der Waals surface area (Å²) in [6.07, 6.45) is 0. The summed E-state index contributed by atoms with van der Waals surface area (Å²) in [5, 5.41) is 4.64. The molecule has 1 aromatic heterocycles. The summed E-state index contributed by atoms with van der Waals surface area (Å²) in [5.41, 5.74) is 10.9. The Kier molecular flexibility index (Phi) is 3.94. The molecule has 0 amide bonds. The number of nitrogens with two attached hydrogens (primary N) is 1. The number of hydrogen-bond donors (Lipinski definition) is 1. The van der Waals surface area contributed by atoms with Gasteiger partial charge in [0.2, 0.25) is 0 Å². The van der Waals surface area contributed by atoms with Crippen LogP contribution in [0.2, 0.25) is 0 Å². The third kappa shape index (κ3) is 2.61. The van der Waals surface area contributed by atoms with E-state index in [1.54, 1.807) is 7.11 Å². The molecule has 112 valence electrons. The molecule has 0 radical (unpaired) electrons. The maximum absolute atomic E-state index is 5.78. The molecular formula is C18H19N3O. The number of aryl methyl sites for hydroxylation is 1. The second-order valence-corrected chi connectivity index (χ2v) is 5.16.